The molecule has 0 aliphatic carbocycles. The molecular formula is C16H17N5O3. The van der Waals surface area contributed by atoms with Crippen molar-refractivity contribution in [2.75, 3.05) is 6.61 Å². The molecule has 0 saturated carbocycles. The number of pyridine rings is 1. The summed E-state index contributed by atoms with van der Waals surface area (Å²) in [7, 11) is 0. The molecule has 0 saturated heterocycles. The summed E-state index contributed by atoms with van der Waals surface area (Å²) in [6.07, 6.45) is 1.58. The number of ether oxygens (including phenoxy) is 1. The number of carbonyl (C=O) groups is 1. The fraction of sp³-hybridized carbons (Fsp3) is 0.250. The standard InChI is InChI=1S/C16H17N5O3/c1-10-7-13-19-12(8-16(23)21(13)20-10)11(2)18-14(22)9-24-15-5-3-4-6-17-15/h3-8,11,20H,9H2,1-2H3,(H,18,22)/t11-/m0/s1. The lowest BCUT2D eigenvalue weighted by atomic mass is 10.2. The highest BCUT2D eigenvalue weighted by molar-refractivity contribution is 5.77. The molecule has 2 N–H and O–H groups in total. The van der Waals surface area contributed by atoms with Crippen LogP contribution in [0.4, 0.5) is 0 Å². The van der Waals surface area contributed by atoms with Crippen molar-refractivity contribution in [3.8, 4) is 5.88 Å². The lowest BCUT2D eigenvalue weighted by Gasteiger charge is -2.13. The van der Waals surface area contributed by atoms with E-state index in [1.807, 2.05) is 6.92 Å². The number of rotatable bonds is 5. The zero-order valence-electron chi connectivity index (χ0n) is 13.3. The molecule has 24 heavy (non-hydrogen) atoms. The molecule has 0 spiro atoms. The predicted octanol–water partition coefficient (Wildman–Crippen LogP) is 0.982. The van der Waals surface area contributed by atoms with Crippen LogP contribution in [0.5, 0.6) is 5.88 Å². The molecular weight excluding hydrogens is 310 g/mol. The third-order valence-electron chi connectivity index (χ3n) is 3.41. The number of fused-ring (bicyclic) bond motifs is 1. The molecule has 0 unspecified atom stereocenters. The van der Waals surface area contributed by atoms with E-state index in [0.717, 1.165) is 5.69 Å². The summed E-state index contributed by atoms with van der Waals surface area (Å²) >= 11 is 0. The Labute approximate surface area is 137 Å². The quantitative estimate of drug-likeness (QED) is 0.727. The van der Waals surface area contributed by atoms with Crippen LogP contribution in [0.3, 0.4) is 0 Å². The van der Waals surface area contributed by atoms with Crippen molar-refractivity contribution in [2.24, 2.45) is 0 Å². The van der Waals surface area contributed by atoms with E-state index in [4.69, 9.17) is 4.74 Å². The number of carbonyl (C=O) groups excluding carboxylic acids is 1. The first-order valence-electron chi connectivity index (χ1n) is 7.45. The highest BCUT2D eigenvalue weighted by Gasteiger charge is 2.14. The van der Waals surface area contributed by atoms with Gasteiger partial charge in [0.2, 0.25) is 5.88 Å². The molecule has 0 aliphatic rings. The molecule has 3 aromatic heterocycles. The second-order valence-electron chi connectivity index (χ2n) is 5.40. The molecule has 8 nitrogen and oxygen atoms in total. The number of aromatic nitrogens is 4. The Hall–Kier alpha value is -3.16. The van der Waals surface area contributed by atoms with Crippen LogP contribution in [0.25, 0.3) is 5.65 Å². The van der Waals surface area contributed by atoms with E-state index >= 15 is 0 Å². The van der Waals surface area contributed by atoms with Gasteiger partial charge in [0, 0.05) is 30.1 Å². The van der Waals surface area contributed by atoms with Crippen LogP contribution >= 0.6 is 0 Å². The van der Waals surface area contributed by atoms with Crippen LogP contribution in [-0.4, -0.2) is 32.1 Å². The van der Waals surface area contributed by atoms with Crippen LogP contribution < -0.4 is 15.6 Å². The van der Waals surface area contributed by atoms with Crippen molar-refractivity contribution in [1.29, 1.82) is 0 Å². The van der Waals surface area contributed by atoms with Gasteiger partial charge < -0.3 is 10.1 Å². The third kappa shape index (κ3) is 3.43. The maximum Gasteiger partial charge on any atom is 0.272 e. The number of nitrogens with zero attached hydrogens (tertiary/aromatic N) is 3. The lowest BCUT2D eigenvalue weighted by Crippen LogP contribution is -2.32. The Morgan fingerprint density at radius 1 is 1.42 bits per heavy atom. The van der Waals surface area contributed by atoms with Crippen molar-refractivity contribution in [3.63, 3.8) is 0 Å². The fourth-order valence-corrected chi connectivity index (χ4v) is 2.28. The molecule has 3 aromatic rings. The molecule has 124 valence electrons. The molecule has 1 amide bonds. The van der Waals surface area contributed by atoms with E-state index in [2.05, 4.69) is 20.4 Å². The van der Waals surface area contributed by atoms with Crippen LogP contribution in [0.1, 0.15) is 24.4 Å². The Morgan fingerprint density at radius 2 is 2.25 bits per heavy atom. The van der Waals surface area contributed by atoms with E-state index in [1.54, 1.807) is 37.4 Å². The van der Waals surface area contributed by atoms with Crippen molar-refractivity contribution >= 4 is 11.6 Å². The zero-order valence-corrected chi connectivity index (χ0v) is 13.3. The van der Waals surface area contributed by atoms with E-state index in [-0.39, 0.29) is 18.1 Å². The highest BCUT2D eigenvalue weighted by atomic mass is 16.5. The van der Waals surface area contributed by atoms with Crippen molar-refractivity contribution < 1.29 is 9.53 Å². The summed E-state index contributed by atoms with van der Waals surface area (Å²) in [6, 6.07) is 7.95. The largest absolute Gasteiger partial charge is 0.468 e. The first-order valence-corrected chi connectivity index (χ1v) is 7.45. The van der Waals surface area contributed by atoms with Gasteiger partial charge in [0.1, 0.15) is 0 Å². The Balaban J connectivity index is 1.67. The summed E-state index contributed by atoms with van der Waals surface area (Å²) in [4.78, 5) is 32.4. The van der Waals surface area contributed by atoms with Gasteiger partial charge in [-0.15, -0.1) is 0 Å². The van der Waals surface area contributed by atoms with Gasteiger partial charge in [-0.25, -0.2) is 14.5 Å². The minimum absolute atomic E-state index is 0.161. The average Bonchev–Trinajstić information content (AvgIpc) is 2.95. The van der Waals surface area contributed by atoms with Crippen molar-refractivity contribution in [1.82, 2.24) is 24.9 Å². The SMILES string of the molecule is Cc1cc2nc([C@H](C)NC(=O)COc3ccccn3)cc(=O)n2[nH]1. The maximum absolute atomic E-state index is 12.1. The molecule has 0 aromatic carbocycles. The van der Waals surface area contributed by atoms with Gasteiger partial charge in [-0.3, -0.25) is 14.7 Å². The smallest absolute Gasteiger partial charge is 0.272 e. The Bertz CT molecular complexity index is 916. The van der Waals surface area contributed by atoms with E-state index < -0.39 is 6.04 Å². The van der Waals surface area contributed by atoms with Gasteiger partial charge in [0.25, 0.3) is 11.5 Å². The summed E-state index contributed by atoms with van der Waals surface area (Å²) in [5, 5.41) is 5.65. The number of nitrogens with one attached hydrogen (secondary N) is 2. The highest BCUT2D eigenvalue weighted by Crippen LogP contribution is 2.10. The van der Waals surface area contributed by atoms with E-state index in [0.29, 0.717) is 17.2 Å². The molecule has 0 bridgehead atoms. The van der Waals surface area contributed by atoms with Gasteiger partial charge in [-0.2, -0.15) is 0 Å². The normalized spacial score (nSPS) is 12.1. The molecule has 3 heterocycles. The second-order valence-corrected chi connectivity index (χ2v) is 5.40. The molecule has 0 aliphatic heterocycles. The topological polar surface area (TPSA) is 101 Å². The number of hydrogen-bond acceptors (Lipinski definition) is 5. The number of aromatic amines is 1. The summed E-state index contributed by atoms with van der Waals surface area (Å²) in [5.41, 5.74) is 1.61. The zero-order chi connectivity index (χ0) is 17.1. The third-order valence-corrected chi connectivity index (χ3v) is 3.41. The van der Waals surface area contributed by atoms with E-state index in [1.165, 1.54) is 10.6 Å². The molecule has 1 atom stereocenters. The van der Waals surface area contributed by atoms with Crippen LogP contribution in [0.15, 0.2) is 41.3 Å². The molecule has 0 fully saturated rings. The van der Waals surface area contributed by atoms with Gasteiger partial charge in [-0.05, 0) is 19.9 Å². The van der Waals surface area contributed by atoms with Gasteiger partial charge in [-0.1, -0.05) is 6.07 Å². The van der Waals surface area contributed by atoms with Gasteiger partial charge >= 0.3 is 0 Å². The minimum atomic E-state index is -0.419. The second kappa shape index (κ2) is 6.53. The average molecular weight is 327 g/mol. The minimum Gasteiger partial charge on any atom is -0.468 e. The Morgan fingerprint density at radius 3 is 3.00 bits per heavy atom. The van der Waals surface area contributed by atoms with Crippen LogP contribution in [-0.2, 0) is 4.79 Å². The monoisotopic (exact) mass is 327 g/mol. The molecule has 8 heteroatoms. The number of aryl methyl sites for hydroxylation is 1. The first-order chi connectivity index (χ1) is 11.5. The Kier molecular flexibility index (Phi) is 4.28. The first kappa shape index (κ1) is 15.7. The lowest BCUT2D eigenvalue weighted by molar-refractivity contribution is -0.123. The number of H-pyrrole nitrogens is 1. The van der Waals surface area contributed by atoms with Crippen molar-refractivity contribution in [2.45, 2.75) is 19.9 Å². The van der Waals surface area contributed by atoms with Gasteiger partial charge in [0.05, 0.1) is 11.7 Å². The number of amides is 1. The summed E-state index contributed by atoms with van der Waals surface area (Å²) in [6.45, 7) is 3.44. The maximum atomic E-state index is 12.1. The van der Waals surface area contributed by atoms with Crippen molar-refractivity contribution in [3.05, 3.63) is 58.3 Å². The summed E-state index contributed by atoms with van der Waals surface area (Å²) in [5.74, 6) is 0.0568. The summed E-state index contributed by atoms with van der Waals surface area (Å²) < 4.78 is 6.65. The van der Waals surface area contributed by atoms with Crippen LogP contribution in [0, 0.1) is 6.92 Å². The number of hydrogen-bond donors (Lipinski definition) is 2. The van der Waals surface area contributed by atoms with Gasteiger partial charge in [0.15, 0.2) is 12.3 Å². The predicted molar refractivity (Wildman–Crippen MR) is 86.8 cm³/mol. The van der Waals surface area contributed by atoms with E-state index in [9.17, 15) is 9.59 Å². The van der Waals surface area contributed by atoms with Crippen LogP contribution in [0.2, 0.25) is 0 Å². The molecule has 3 rings (SSSR count). The molecule has 0 radical (unpaired) electrons. The fourth-order valence-electron chi connectivity index (χ4n) is 2.28.